The number of nitrogens with zero attached hydrogens (tertiary/aromatic N) is 1. The van der Waals surface area contributed by atoms with E-state index in [-0.39, 0.29) is 16.5 Å². The monoisotopic (exact) mass is 774 g/mol. The molecule has 0 saturated heterocycles. The summed E-state index contributed by atoms with van der Waals surface area (Å²) in [4.78, 5) is 47.0. The molecule has 2 aromatic carbocycles. The van der Waals surface area contributed by atoms with Gasteiger partial charge < -0.3 is 30.9 Å². The number of carboxylic acids is 2. The van der Waals surface area contributed by atoms with Crippen LogP contribution in [0, 0.1) is 0 Å². The highest BCUT2D eigenvalue weighted by molar-refractivity contribution is 7.16. The lowest BCUT2D eigenvalue weighted by molar-refractivity contribution is -0.193. The minimum Gasteiger partial charge on any atom is -0.506 e. The smallest absolute Gasteiger partial charge is 0.490 e. The van der Waals surface area contributed by atoms with Gasteiger partial charge in [-0.1, -0.05) is 61.4 Å². The number of rotatable bonds is 16. The number of phenolic OH excluding ortho intramolecular Hbond substituents is 1. The van der Waals surface area contributed by atoms with Crippen LogP contribution in [0.2, 0.25) is 5.02 Å². The standard InChI is InChI=1S/C28H39ClN4O3S.2C2HF3O2/c1-3-5-23(4-2)33(18-14-25(35)31-16-12-20-6-9-22(29)10-7-20)19-17-30-15-13-21-8-11-24(34)26-27(21)37-28(36)32-26;2*3-2(4,5)1(6)7/h6-11,23,30,34H,3-5,12-19H2,1-2H3,(H,31,35)(H,32,36);2*(H,6,7). The lowest BCUT2D eigenvalue weighted by atomic mass is 10.1. The van der Waals surface area contributed by atoms with E-state index in [0.29, 0.717) is 24.5 Å². The number of halogens is 7. The molecule has 51 heavy (non-hydrogen) atoms. The fourth-order valence-corrected chi connectivity index (χ4v) is 5.65. The van der Waals surface area contributed by atoms with Crippen molar-refractivity contribution in [3.63, 3.8) is 0 Å². The van der Waals surface area contributed by atoms with E-state index >= 15 is 0 Å². The number of alkyl halides is 6. The van der Waals surface area contributed by atoms with Gasteiger partial charge in [-0.25, -0.2) is 9.59 Å². The minimum absolute atomic E-state index is 0.0834. The van der Waals surface area contributed by atoms with Crippen LogP contribution in [-0.4, -0.2) is 94.2 Å². The third-order valence-corrected chi connectivity index (χ3v) is 8.37. The molecule has 0 radical (unpaired) electrons. The number of carbonyl (C=O) groups excluding carboxylic acids is 1. The first-order chi connectivity index (χ1) is 23.8. The van der Waals surface area contributed by atoms with Crippen LogP contribution in [0.25, 0.3) is 10.2 Å². The van der Waals surface area contributed by atoms with E-state index in [1.165, 1.54) is 0 Å². The van der Waals surface area contributed by atoms with Crippen LogP contribution >= 0.6 is 22.9 Å². The highest BCUT2D eigenvalue weighted by Gasteiger charge is 2.38. The Morgan fingerprint density at radius 1 is 0.902 bits per heavy atom. The first-order valence-electron chi connectivity index (χ1n) is 15.7. The van der Waals surface area contributed by atoms with Crippen molar-refractivity contribution in [2.45, 2.75) is 70.8 Å². The van der Waals surface area contributed by atoms with Gasteiger partial charge in [-0.3, -0.25) is 14.5 Å². The largest absolute Gasteiger partial charge is 0.506 e. The van der Waals surface area contributed by atoms with Crippen LogP contribution in [0.4, 0.5) is 26.3 Å². The lowest BCUT2D eigenvalue weighted by Gasteiger charge is -2.31. The van der Waals surface area contributed by atoms with Gasteiger partial charge in [0.2, 0.25) is 5.91 Å². The van der Waals surface area contributed by atoms with Crippen LogP contribution < -0.4 is 15.5 Å². The molecular formula is C32H41ClF6N4O7S. The highest BCUT2D eigenvalue weighted by atomic mass is 35.5. The number of benzene rings is 2. The van der Waals surface area contributed by atoms with Crippen LogP contribution in [0.15, 0.2) is 41.2 Å². The molecule has 1 aromatic heterocycles. The summed E-state index contributed by atoms with van der Waals surface area (Å²) in [7, 11) is 0. The lowest BCUT2D eigenvalue weighted by Crippen LogP contribution is -2.42. The van der Waals surface area contributed by atoms with Gasteiger partial charge in [-0.15, -0.1) is 0 Å². The molecule has 6 N–H and O–H groups in total. The molecule has 286 valence electrons. The SMILES string of the molecule is CCCC(CC)N(CCNCCc1ccc(O)c2[nH]c(=O)sc12)CCC(=O)NCCc1ccc(Cl)cc1.O=C(O)C(F)(F)F.O=C(O)C(F)(F)F. The topological polar surface area (TPSA) is 172 Å². The van der Waals surface area contributed by atoms with Crippen molar-refractivity contribution in [1.82, 2.24) is 20.5 Å². The van der Waals surface area contributed by atoms with Crippen molar-refractivity contribution >= 4 is 51.0 Å². The fraction of sp³-hybridized carbons (Fsp3) is 0.500. The van der Waals surface area contributed by atoms with Crippen molar-refractivity contribution in [2.75, 3.05) is 32.7 Å². The number of nitrogens with one attached hydrogen (secondary N) is 3. The molecule has 1 unspecified atom stereocenters. The number of aliphatic carboxylic acids is 2. The van der Waals surface area contributed by atoms with Gasteiger partial charge in [-0.05, 0) is 61.6 Å². The number of fused-ring (bicyclic) bond motifs is 1. The van der Waals surface area contributed by atoms with Crippen molar-refractivity contribution in [3.8, 4) is 5.75 Å². The van der Waals surface area contributed by atoms with E-state index in [4.69, 9.17) is 31.4 Å². The van der Waals surface area contributed by atoms with E-state index in [1.807, 2.05) is 30.3 Å². The Morgan fingerprint density at radius 3 is 2.02 bits per heavy atom. The van der Waals surface area contributed by atoms with Crippen LogP contribution in [0.3, 0.4) is 0 Å². The number of hydrogen-bond donors (Lipinski definition) is 6. The number of amides is 1. The Labute approximate surface area is 298 Å². The van der Waals surface area contributed by atoms with Gasteiger partial charge in [0, 0.05) is 43.7 Å². The predicted molar refractivity (Wildman–Crippen MR) is 181 cm³/mol. The number of aromatic amines is 1. The molecule has 11 nitrogen and oxygen atoms in total. The molecule has 3 aromatic rings. The van der Waals surface area contributed by atoms with Crippen LogP contribution in [0.5, 0.6) is 5.75 Å². The third-order valence-electron chi connectivity index (χ3n) is 7.16. The molecule has 0 aliphatic heterocycles. The quantitative estimate of drug-likeness (QED) is 0.0757. The summed E-state index contributed by atoms with van der Waals surface area (Å²) in [5.74, 6) is -5.32. The normalized spacial score (nSPS) is 12.0. The average molecular weight is 775 g/mol. The molecule has 0 bridgehead atoms. The molecule has 0 aliphatic rings. The molecule has 1 heterocycles. The first kappa shape index (κ1) is 45.2. The van der Waals surface area contributed by atoms with Crippen molar-refractivity contribution in [1.29, 1.82) is 0 Å². The van der Waals surface area contributed by atoms with Crippen molar-refractivity contribution < 1.29 is 56.0 Å². The molecule has 0 saturated carbocycles. The molecule has 1 atom stereocenters. The number of carboxylic acid groups (broad SMARTS) is 2. The van der Waals surface area contributed by atoms with Crippen molar-refractivity contribution in [2.24, 2.45) is 0 Å². The molecule has 0 fully saturated rings. The van der Waals surface area contributed by atoms with Gasteiger partial charge >= 0.3 is 29.2 Å². The maximum atomic E-state index is 12.5. The number of phenols is 1. The summed E-state index contributed by atoms with van der Waals surface area (Å²) < 4.78 is 64.3. The predicted octanol–water partition coefficient (Wildman–Crippen LogP) is 5.98. The summed E-state index contributed by atoms with van der Waals surface area (Å²) in [5.41, 5.74) is 2.73. The molecule has 0 spiro atoms. The molecular weight excluding hydrogens is 734 g/mol. The fourth-order valence-electron chi connectivity index (χ4n) is 4.63. The van der Waals surface area contributed by atoms with Gasteiger partial charge in [-0.2, -0.15) is 26.3 Å². The maximum absolute atomic E-state index is 12.5. The van der Waals surface area contributed by atoms with E-state index in [1.54, 1.807) is 6.07 Å². The second-order valence-electron chi connectivity index (χ2n) is 10.9. The second-order valence-corrected chi connectivity index (χ2v) is 12.4. The maximum Gasteiger partial charge on any atom is 0.490 e. The summed E-state index contributed by atoms with van der Waals surface area (Å²) in [6.07, 6.45) is -4.83. The summed E-state index contributed by atoms with van der Waals surface area (Å²) >= 11 is 7.07. The minimum atomic E-state index is -5.08. The Bertz CT molecular complexity index is 1560. The first-order valence-corrected chi connectivity index (χ1v) is 16.9. The van der Waals surface area contributed by atoms with Crippen LogP contribution in [-0.2, 0) is 27.2 Å². The zero-order chi connectivity index (χ0) is 38.8. The number of thiazole rings is 1. The Balaban J connectivity index is 0.000000780. The summed E-state index contributed by atoms with van der Waals surface area (Å²) in [6.45, 7) is 8.25. The Hall–Kier alpha value is -3.87. The van der Waals surface area contributed by atoms with Crippen LogP contribution in [0.1, 0.15) is 50.7 Å². The molecule has 0 aliphatic carbocycles. The number of aromatic hydroxyl groups is 1. The van der Waals surface area contributed by atoms with Crippen molar-refractivity contribution in [3.05, 3.63) is 62.2 Å². The van der Waals surface area contributed by atoms with E-state index in [0.717, 1.165) is 90.5 Å². The van der Waals surface area contributed by atoms with Gasteiger partial charge in [0.15, 0.2) is 0 Å². The van der Waals surface area contributed by atoms with E-state index in [9.17, 15) is 41.0 Å². The number of hydrogen-bond acceptors (Lipinski definition) is 8. The zero-order valence-corrected chi connectivity index (χ0v) is 29.4. The summed E-state index contributed by atoms with van der Waals surface area (Å²) in [6, 6.07) is 11.7. The van der Waals surface area contributed by atoms with Gasteiger partial charge in [0.05, 0.1) is 4.70 Å². The third kappa shape index (κ3) is 17.8. The number of H-pyrrole nitrogens is 1. The zero-order valence-electron chi connectivity index (χ0n) is 27.8. The Morgan fingerprint density at radius 2 is 1.49 bits per heavy atom. The molecule has 19 heteroatoms. The molecule has 1 amide bonds. The highest BCUT2D eigenvalue weighted by Crippen LogP contribution is 2.28. The van der Waals surface area contributed by atoms with E-state index in [2.05, 4.69) is 34.4 Å². The van der Waals surface area contributed by atoms with Gasteiger partial charge in [0.1, 0.15) is 11.3 Å². The Kier molecular flexibility index (Phi) is 19.6. The number of aromatic nitrogens is 1. The number of carbonyl (C=O) groups is 3. The van der Waals surface area contributed by atoms with E-state index < -0.39 is 24.3 Å². The summed E-state index contributed by atoms with van der Waals surface area (Å²) in [5, 5.41) is 31.5. The van der Waals surface area contributed by atoms with Gasteiger partial charge in [0.25, 0.3) is 0 Å². The average Bonchev–Trinajstić information content (AvgIpc) is 3.45. The molecule has 3 rings (SSSR count). The second kappa shape index (κ2) is 22.1.